The molecule has 0 spiro atoms. The molecule has 0 atom stereocenters. The first-order valence-electron chi connectivity index (χ1n) is 6.11. The van der Waals surface area contributed by atoms with Crippen LogP contribution in [0.3, 0.4) is 0 Å². The maximum atomic E-state index is 11.4. The largest absolute Gasteiger partial charge is 0.462 e. The molecule has 1 aromatic carbocycles. The van der Waals surface area contributed by atoms with Crippen molar-refractivity contribution in [2.24, 2.45) is 0 Å². The molecule has 17 heavy (non-hydrogen) atoms. The fourth-order valence-corrected chi connectivity index (χ4v) is 1.39. The van der Waals surface area contributed by atoms with Crippen LogP contribution in [-0.4, -0.2) is 19.2 Å². The number of hydrogen-bond donors (Lipinski definition) is 0. The van der Waals surface area contributed by atoms with E-state index in [0.717, 1.165) is 25.0 Å². The zero-order valence-corrected chi connectivity index (χ0v) is 10.6. The predicted octanol–water partition coefficient (Wildman–Crippen LogP) is 3.18. The van der Waals surface area contributed by atoms with Crippen molar-refractivity contribution in [3.05, 3.63) is 35.4 Å². The number of esters is 1. The van der Waals surface area contributed by atoms with Crippen molar-refractivity contribution in [1.29, 1.82) is 0 Å². The second-order valence-electron chi connectivity index (χ2n) is 3.82. The van der Waals surface area contributed by atoms with Gasteiger partial charge in [0.05, 0.1) is 18.8 Å². The highest BCUT2D eigenvalue weighted by Gasteiger charge is 2.05. The molecule has 1 aromatic rings. The van der Waals surface area contributed by atoms with Crippen molar-refractivity contribution in [3.63, 3.8) is 0 Å². The standard InChI is InChI=1S/C14H20O3/c1-3-5-10-16-11-12-6-8-13(9-7-12)14(15)17-4-2/h6-9H,3-5,10-11H2,1-2H3. The summed E-state index contributed by atoms with van der Waals surface area (Å²) in [5.41, 5.74) is 1.67. The van der Waals surface area contributed by atoms with Crippen molar-refractivity contribution >= 4 is 5.97 Å². The summed E-state index contributed by atoms with van der Waals surface area (Å²) in [6, 6.07) is 7.35. The highest BCUT2D eigenvalue weighted by molar-refractivity contribution is 5.89. The van der Waals surface area contributed by atoms with Crippen LogP contribution in [0.4, 0.5) is 0 Å². The average Bonchev–Trinajstić information content (AvgIpc) is 2.36. The monoisotopic (exact) mass is 236 g/mol. The van der Waals surface area contributed by atoms with Gasteiger partial charge in [-0.15, -0.1) is 0 Å². The maximum Gasteiger partial charge on any atom is 0.338 e. The molecule has 0 saturated carbocycles. The summed E-state index contributed by atoms with van der Waals surface area (Å²) < 4.78 is 10.4. The Kier molecular flexibility index (Phi) is 6.33. The van der Waals surface area contributed by atoms with Gasteiger partial charge in [-0.25, -0.2) is 4.79 Å². The minimum Gasteiger partial charge on any atom is -0.462 e. The van der Waals surface area contributed by atoms with Gasteiger partial charge in [0.2, 0.25) is 0 Å². The van der Waals surface area contributed by atoms with E-state index in [0.29, 0.717) is 18.8 Å². The van der Waals surface area contributed by atoms with Gasteiger partial charge in [-0.05, 0) is 31.0 Å². The third kappa shape index (κ3) is 5.00. The molecule has 1 rings (SSSR count). The van der Waals surface area contributed by atoms with E-state index >= 15 is 0 Å². The van der Waals surface area contributed by atoms with E-state index in [9.17, 15) is 4.79 Å². The van der Waals surface area contributed by atoms with Gasteiger partial charge in [0.15, 0.2) is 0 Å². The lowest BCUT2D eigenvalue weighted by molar-refractivity contribution is 0.0526. The van der Waals surface area contributed by atoms with Gasteiger partial charge >= 0.3 is 5.97 Å². The molecular formula is C14H20O3. The summed E-state index contributed by atoms with van der Waals surface area (Å²) >= 11 is 0. The fraction of sp³-hybridized carbons (Fsp3) is 0.500. The highest BCUT2D eigenvalue weighted by atomic mass is 16.5. The quantitative estimate of drug-likeness (QED) is 0.539. The van der Waals surface area contributed by atoms with Gasteiger partial charge in [-0.3, -0.25) is 0 Å². The van der Waals surface area contributed by atoms with E-state index in [4.69, 9.17) is 9.47 Å². The number of carbonyl (C=O) groups excluding carboxylic acids is 1. The molecule has 0 radical (unpaired) electrons. The molecule has 0 fully saturated rings. The molecule has 0 aliphatic rings. The predicted molar refractivity (Wildman–Crippen MR) is 67.0 cm³/mol. The Hall–Kier alpha value is -1.35. The van der Waals surface area contributed by atoms with Crippen molar-refractivity contribution in [3.8, 4) is 0 Å². The third-order valence-corrected chi connectivity index (χ3v) is 2.38. The van der Waals surface area contributed by atoms with E-state index in [1.54, 1.807) is 19.1 Å². The van der Waals surface area contributed by atoms with Gasteiger partial charge in [0.1, 0.15) is 0 Å². The smallest absolute Gasteiger partial charge is 0.338 e. The van der Waals surface area contributed by atoms with Crippen LogP contribution in [0.25, 0.3) is 0 Å². The summed E-state index contributed by atoms with van der Waals surface area (Å²) in [6.07, 6.45) is 2.22. The summed E-state index contributed by atoms with van der Waals surface area (Å²) in [4.78, 5) is 11.4. The van der Waals surface area contributed by atoms with Crippen LogP contribution in [0.2, 0.25) is 0 Å². The van der Waals surface area contributed by atoms with E-state index in [1.165, 1.54) is 0 Å². The first-order chi connectivity index (χ1) is 8.27. The molecule has 0 aliphatic heterocycles. The van der Waals surface area contributed by atoms with Gasteiger partial charge in [-0.1, -0.05) is 25.5 Å². The molecule has 0 heterocycles. The number of benzene rings is 1. The Morgan fingerprint density at radius 3 is 2.47 bits per heavy atom. The number of carbonyl (C=O) groups is 1. The molecule has 0 saturated heterocycles. The summed E-state index contributed by atoms with van der Waals surface area (Å²) in [5, 5.41) is 0. The van der Waals surface area contributed by atoms with Crippen LogP contribution in [0.1, 0.15) is 42.6 Å². The lowest BCUT2D eigenvalue weighted by atomic mass is 10.1. The fourth-order valence-electron chi connectivity index (χ4n) is 1.39. The first-order valence-corrected chi connectivity index (χ1v) is 6.11. The minimum absolute atomic E-state index is 0.272. The molecule has 0 amide bonds. The zero-order chi connectivity index (χ0) is 12.5. The Balaban J connectivity index is 2.42. The SMILES string of the molecule is CCCCOCc1ccc(C(=O)OCC)cc1. The topological polar surface area (TPSA) is 35.5 Å². The molecular weight excluding hydrogens is 216 g/mol. The minimum atomic E-state index is -0.272. The zero-order valence-electron chi connectivity index (χ0n) is 10.6. The molecule has 0 aromatic heterocycles. The summed E-state index contributed by atoms with van der Waals surface area (Å²) in [6.45, 7) is 5.73. The highest BCUT2D eigenvalue weighted by Crippen LogP contribution is 2.07. The lowest BCUT2D eigenvalue weighted by Gasteiger charge is -2.05. The molecule has 0 N–H and O–H groups in total. The van der Waals surface area contributed by atoms with Crippen LogP contribution in [0, 0.1) is 0 Å². The van der Waals surface area contributed by atoms with Crippen LogP contribution >= 0.6 is 0 Å². The molecule has 94 valence electrons. The molecule has 0 aliphatic carbocycles. The maximum absolute atomic E-state index is 11.4. The third-order valence-electron chi connectivity index (χ3n) is 2.38. The number of rotatable bonds is 7. The first kappa shape index (κ1) is 13.7. The normalized spacial score (nSPS) is 10.2. The van der Waals surface area contributed by atoms with Gasteiger partial charge < -0.3 is 9.47 Å². The van der Waals surface area contributed by atoms with Crippen LogP contribution < -0.4 is 0 Å². The van der Waals surface area contributed by atoms with Crippen molar-refractivity contribution < 1.29 is 14.3 Å². The van der Waals surface area contributed by atoms with Gasteiger partial charge in [-0.2, -0.15) is 0 Å². The van der Waals surface area contributed by atoms with Crippen molar-refractivity contribution in [2.75, 3.05) is 13.2 Å². The molecule has 3 heteroatoms. The van der Waals surface area contributed by atoms with E-state index in [1.807, 2.05) is 12.1 Å². The average molecular weight is 236 g/mol. The number of ether oxygens (including phenoxy) is 2. The Morgan fingerprint density at radius 2 is 1.88 bits per heavy atom. The van der Waals surface area contributed by atoms with Crippen molar-refractivity contribution in [1.82, 2.24) is 0 Å². The lowest BCUT2D eigenvalue weighted by Crippen LogP contribution is -2.04. The second kappa shape index (κ2) is 7.85. The van der Waals surface area contributed by atoms with Crippen LogP contribution in [0.5, 0.6) is 0 Å². The molecule has 0 unspecified atom stereocenters. The summed E-state index contributed by atoms with van der Waals surface area (Å²) in [7, 11) is 0. The van der Waals surface area contributed by atoms with Crippen LogP contribution in [0.15, 0.2) is 24.3 Å². The van der Waals surface area contributed by atoms with E-state index in [-0.39, 0.29) is 5.97 Å². The number of unbranched alkanes of at least 4 members (excludes halogenated alkanes) is 1. The van der Waals surface area contributed by atoms with Crippen molar-refractivity contribution in [2.45, 2.75) is 33.3 Å². The van der Waals surface area contributed by atoms with Gasteiger partial charge in [0.25, 0.3) is 0 Å². The Labute approximate surface area is 103 Å². The van der Waals surface area contributed by atoms with E-state index < -0.39 is 0 Å². The van der Waals surface area contributed by atoms with E-state index in [2.05, 4.69) is 6.92 Å². The van der Waals surface area contributed by atoms with Crippen LogP contribution in [-0.2, 0) is 16.1 Å². The molecule has 3 nitrogen and oxygen atoms in total. The second-order valence-corrected chi connectivity index (χ2v) is 3.82. The number of hydrogen-bond acceptors (Lipinski definition) is 3. The summed E-state index contributed by atoms with van der Waals surface area (Å²) in [5.74, 6) is -0.272. The molecule has 0 bridgehead atoms. The Bertz CT molecular complexity index is 330. The van der Waals surface area contributed by atoms with Gasteiger partial charge in [0, 0.05) is 6.61 Å². The Morgan fingerprint density at radius 1 is 1.18 bits per heavy atom.